The second-order valence-corrected chi connectivity index (χ2v) is 8.42. The second-order valence-electron chi connectivity index (χ2n) is 7.98. The fraction of sp³-hybridized carbons (Fsp3) is 0.500. The molecule has 1 fully saturated rings. The quantitative estimate of drug-likeness (QED) is 0.611. The van der Waals surface area contributed by atoms with Crippen LogP contribution in [0, 0.1) is 6.92 Å². The molecule has 0 spiro atoms. The Labute approximate surface area is 185 Å². The minimum Gasteiger partial charge on any atom is -0.392 e. The number of halogens is 1. The monoisotopic (exact) mass is 428 g/mol. The van der Waals surface area contributed by atoms with E-state index < -0.39 is 0 Å². The number of aromatic nitrogens is 2. The Morgan fingerprint density at radius 2 is 1.87 bits per heavy atom. The standard InChI is InChI=1S/C24H33ClN4O/c1-4-6-7-21(30)17-28-12-14-29(15-13-28)24-22(23(5-2)26-18(3)27-24)16-19-8-10-20(25)11-9-19/h4,8-11,21,30H,1,5-7,12-17H2,2-3H3/t21-/m0/s1. The summed E-state index contributed by atoms with van der Waals surface area (Å²) >= 11 is 6.06. The summed E-state index contributed by atoms with van der Waals surface area (Å²) in [7, 11) is 0. The normalized spacial score (nSPS) is 15.9. The molecular weight excluding hydrogens is 396 g/mol. The molecule has 5 nitrogen and oxygen atoms in total. The van der Waals surface area contributed by atoms with Crippen LogP contribution in [-0.4, -0.2) is 58.8 Å². The van der Waals surface area contributed by atoms with E-state index in [4.69, 9.17) is 21.6 Å². The van der Waals surface area contributed by atoms with E-state index in [0.29, 0.717) is 0 Å². The van der Waals surface area contributed by atoms with Gasteiger partial charge in [-0.15, -0.1) is 6.58 Å². The zero-order valence-electron chi connectivity index (χ0n) is 18.1. The van der Waals surface area contributed by atoms with Gasteiger partial charge in [-0.2, -0.15) is 0 Å². The minimum absolute atomic E-state index is 0.289. The third-order valence-corrected chi connectivity index (χ3v) is 5.91. The predicted octanol–water partition coefficient (Wildman–Crippen LogP) is 4.04. The Morgan fingerprint density at radius 1 is 1.17 bits per heavy atom. The van der Waals surface area contributed by atoms with E-state index in [1.165, 1.54) is 11.1 Å². The number of allylic oxidation sites excluding steroid dienone is 1. The van der Waals surface area contributed by atoms with Crippen LogP contribution in [0.2, 0.25) is 5.02 Å². The SMILES string of the molecule is C=CCC[C@H](O)CN1CCN(c2nc(C)nc(CC)c2Cc2ccc(Cl)cc2)CC1. The van der Waals surface area contributed by atoms with Gasteiger partial charge in [0.1, 0.15) is 11.6 Å². The highest BCUT2D eigenvalue weighted by Gasteiger charge is 2.24. The molecule has 1 atom stereocenters. The highest BCUT2D eigenvalue weighted by molar-refractivity contribution is 6.30. The summed E-state index contributed by atoms with van der Waals surface area (Å²) in [6, 6.07) is 8.03. The van der Waals surface area contributed by atoms with Crippen molar-refractivity contribution in [2.24, 2.45) is 0 Å². The van der Waals surface area contributed by atoms with Gasteiger partial charge in [-0.3, -0.25) is 4.90 Å². The van der Waals surface area contributed by atoms with E-state index in [0.717, 1.165) is 80.8 Å². The average molecular weight is 429 g/mol. The van der Waals surface area contributed by atoms with Crippen LogP contribution in [0.1, 0.15) is 42.4 Å². The molecule has 0 amide bonds. The number of hydrogen-bond donors (Lipinski definition) is 1. The van der Waals surface area contributed by atoms with E-state index in [9.17, 15) is 5.11 Å². The van der Waals surface area contributed by atoms with E-state index in [-0.39, 0.29) is 6.10 Å². The minimum atomic E-state index is -0.289. The summed E-state index contributed by atoms with van der Waals surface area (Å²) in [5, 5.41) is 11.0. The molecule has 0 saturated carbocycles. The van der Waals surface area contributed by atoms with Crippen molar-refractivity contribution >= 4 is 17.4 Å². The number of β-amino-alcohol motifs (C(OH)–C–C–N with tert-alkyl or cyclic N) is 1. The van der Waals surface area contributed by atoms with Crippen molar-refractivity contribution in [1.82, 2.24) is 14.9 Å². The lowest BCUT2D eigenvalue weighted by atomic mass is 10.0. The molecular formula is C24H33ClN4O. The van der Waals surface area contributed by atoms with Crippen LogP contribution in [0.4, 0.5) is 5.82 Å². The first-order valence-electron chi connectivity index (χ1n) is 10.9. The predicted molar refractivity (Wildman–Crippen MR) is 124 cm³/mol. The van der Waals surface area contributed by atoms with Gasteiger partial charge in [0.15, 0.2) is 0 Å². The molecule has 30 heavy (non-hydrogen) atoms. The third-order valence-electron chi connectivity index (χ3n) is 5.66. The molecule has 0 unspecified atom stereocenters. The Morgan fingerprint density at radius 3 is 2.50 bits per heavy atom. The number of anilines is 1. The van der Waals surface area contributed by atoms with Crippen LogP contribution in [-0.2, 0) is 12.8 Å². The molecule has 0 radical (unpaired) electrons. The number of hydrogen-bond acceptors (Lipinski definition) is 5. The lowest BCUT2D eigenvalue weighted by Gasteiger charge is -2.37. The maximum Gasteiger partial charge on any atom is 0.136 e. The molecule has 6 heteroatoms. The number of aliphatic hydroxyl groups excluding tert-OH is 1. The summed E-state index contributed by atoms with van der Waals surface area (Å²) in [6.07, 6.45) is 4.90. The summed E-state index contributed by atoms with van der Waals surface area (Å²) in [4.78, 5) is 14.3. The van der Waals surface area contributed by atoms with Gasteiger partial charge >= 0.3 is 0 Å². The van der Waals surface area contributed by atoms with E-state index in [1.807, 2.05) is 25.1 Å². The van der Waals surface area contributed by atoms with Crippen molar-refractivity contribution in [1.29, 1.82) is 0 Å². The molecule has 2 aromatic rings. The number of nitrogens with zero attached hydrogens (tertiary/aromatic N) is 4. The van der Waals surface area contributed by atoms with Gasteiger partial charge in [0, 0.05) is 55.4 Å². The molecule has 1 aromatic carbocycles. The van der Waals surface area contributed by atoms with Crippen LogP contribution < -0.4 is 4.90 Å². The summed E-state index contributed by atoms with van der Waals surface area (Å²) in [6.45, 7) is 12.2. The van der Waals surface area contributed by atoms with Crippen molar-refractivity contribution in [3.05, 3.63) is 64.6 Å². The molecule has 162 valence electrons. The first-order valence-corrected chi connectivity index (χ1v) is 11.2. The number of piperazine rings is 1. The van der Waals surface area contributed by atoms with Crippen molar-refractivity contribution < 1.29 is 5.11 Å². The Hall–Kier alpha value is -1.95. The number of rotatable bonds is 9. The first kappa shape index (κ1) is 22.7. The lowest BCUT2D eigenvalue weighted by molar-refractivity contribution is 0.103. The topological polar surface area (TPSA) is 52.5 Å². The van der Waals surface area contributed by atoms with E-state index in [1.54, 1.807) is 0 Å². The maximum atomic E-state index is 10.2. The van der Waals surface area contributed by atoms with Gasteiger partial charge in [-0.05, 0) is 43.9 Å². The molecule has 0 aliphatic carbocycles. The molecule has 3 rings (SSSR count). The summed E-state index contributed by atoms with van der Waals surface area (Å²) in [5.41, 5.74) is 3.55. The van der Waals surface area contributed by atoms with Gasteiger partial charge in [0.25, 0.3) is 0 Å². The molecule has 0 bridgehead atoms. The average Bonchev–Trinajstić information content (AvgIpc) is 2.75. The van der Waals surface area contributed by atoms with Gasteiger partial charge < -0.3 is 10.0 Å². The van der Waals surface area contributed by atoms with Gasteiger partial charge in [-0.25, -0.2) is 9.97 Å². The molecule has 1 aliphatic heterocycles. The van der Waals surface area contributed by atoms with Crippen molar-refractivity contribution in [3.63, 3.8) is 0 Å². The van der Waals surface area contributed by atoms with Gasteiger partial charge in [0.2, 0.25) is 0 Å². The Bertz CT molecular complexity index is 832. The molecule has 2 heterocycles. The van der Waals surface area contributed by atoms with Crippen molar-refractivity contribution in [3.8, 4) is 0 Å². The zero-order chi connectivity index (χ0) is 21.5. The highest BCUT2D eigenvalue weighted by Crippen LogP contribution is 2.26. The smallest absolute Gasteiger partial charge is 0.136 e. The van der Waals surface area contributed by atoms with Crippen molar-refractivity contribution in [2.45, 2.75) is 45.6 Å². The van der Waals surface area contributed by atoms with Crippen molar-refractivity contribution in [2.75, 3.05) is 37.6 Å². The summed E-state index contributed by atoms with van der Waals surface area (Å²) in [5.74, 6) is 1.88. The number of aryl methyl sites for hydroxylation is 2. The second kappa shape index (κ2) is 10.9. The van der Waals surface area contributed by atoms with E-state index >= 15 is 0 Å². The van der Waals surface area contributed by atoms with Crippen LogP contribution >= 0.6 is 11.6 Å². The largest absolute Gasteiger partial charge is 0.392 e. The van der Waals surface area contributed by atoms with Gasteiger partial charge in [0.05, 0.1) is 6.10 Å². The third kappa shape index (κ3) is 6.03. The van der Waals surface area contributed by atoms with Crippen LogP contribution in [0.15, 0.2) is 36.9 Å². The molecule has 1 aliphatic rings. The Balaban J connectivity index is 1.74. The Kier molecular flexibility index (Phi) is 8.25. The summed E-state index contributed by atoms with van der Waals surface area (Å²) < 4.78 is 0. The molecule has 1 N–H and O–H groups in total. The molecule has 1 aromatic heterocycles. The van der Waals surface area contributed by atoms with Crippen LogP contribution in [0.3, 0.4) is 0 Å². The molecule has 1 saturated heterocycles. The van der Waals surface area contributed by atoms with E-state index in [2.05, 4.69) is 35.4 Å². The first-order chi connectivity index (χ1) is 14.5. The van der Waals surface area contributed by atoms with Gasteiger partial charge in [-0.1, -0.05) is 36.7 Å². The fourth-order valence-electron chi connectivity index (χ4n) is 4.02. The van der Waals surface area contributed by atoms with Crippen LogP contribution in [0.5, 0.6) is 0 Å². The number of benzene rings is 1. The fourth-order valence-corrected chi connectivity index (χ4v) is 4.15. The maximum absolute atomic E-state index is 10.2. The zero-order valence-corrected chi connectivity index (χ0v) is 18.9. The lowest BCUT2D eigenvalue weighted by Crippen LogP contribution is -2.49. The van der Waals surface area contributed by atoms with Crippen LogP contribution in [0.25, 0.3) is 0 Å². The highest BCUT2D eigenvalue weighted by atomic mass is 35.5. The number of aliphatic hydroxyl groups is 1.